The molecular formula is C10H11BrFO. The maximum Gasteiger partial charge on any atom is 0.124 e. The van der Waals surface area contributed by atoms with Crippen molar-refractivity contribution in [1.29, 1.82) is 0 Å². The fourth-order valence-electron chi connectivity index (χ4n) is 1.12. The minimum absolute atomic E-state index is 0.292. The molecule has 0 heterocycles. The molecule has 71 valence electrons. The number of hydrogen-bond acceptors (Lipinski definition) is 0. The van der Waals surface area contributed by atoms with E-state index in [1.165, 1.54) is 12.1 Å². The van der Waals surface area contributed by atoms with E-state index in [2.05, 4.69) is 15.9 Å². The van der Waals surface area contributed by atoms with Gasteiger partial charge in [0, 0.05) is 10.9 Å². The molecule has 1 nitrogen and oxygen atoms in total. The first-order chi connectivity index (χ1) is 5.88. The summed E-state index contributed by atoms with van der Waals surface area (Å²) < 4.78 is 13.3. The van der Waals surface area contributed by atoms with E-state index in [1.54, 1.807) is 19.9 Å². The van der Waals surface area contributed by atoms with Gasteiger partial charge in [-0.1, -0.05) is 22.0 Å². The van der Waals surface area contributed by atoms with Crippen LogP contribution in [-0.4, -0.2) is 5.60 Å². The van der Waals surface area contributed by atoms with E-state index in [4.69, 9.17) is 0 Å². The van der Waals surface area contributed by atoms with Crippen LogP contribution in [0, 0.1) is 5.82 Å². The van der Waals surface area contributed by atoms with Crippen LogP contribution in [0.4, 0.5) is 4.39 Å². The molecule has 0 aromatic heterocycles. The van der Waals surface area contributed by atoms with E-state index in [1.807, 2.05) is 0 Å². The fraction of sp³-hybridized carbons (Fsp3) is 0.400. The standard InChI is InChI=1S/C10H11BrFO/c1-10(2,13)6-7-3-4-8(12)5-9(7)11/h3-5H,6H2,1-2H3. The van der Waals surface area contributed by atoms with Gasteiger partial charge in [-0.05, 0) is 31.5 Å². The zero-order valence-electron chi connectivity index (χ0n) is 7.60. The van der Waals surface area contributed by atoms with Crippen LogP contribution in [-0.2, 0) is 11.5 Å². The van der Waals surface area contributed by atoms with E-state index in [-0.39, 0.29) is 5.82 Å². The molecule has 0 atom stereocenters. The Kier molecular flexibility index (Phi) is 3.09. The molecule has 0 saturated heterocycles. The highest BCUT2D eigenvalue weighted by Gasteiger charge is 2.17. The van der Waals surface area contributed by atoms with E-state index < -0.39 is 5.60 Å². The number of rotatable bonds is 2. The third-order valence-corrected chi connectivity index (χ3v) is 2.37. The molecule has 0 saturated carbocycles. The molecule has 1 rings (SSSR count). The Labute approximate surface area is 85.7 Å². The van der Waals surface area contributed by atoms with Crippen molar-refractivity contribution >= 4 is 15.9 Å². The largest absolute Gasteiger partial charge is 0.230 e. The molecule has 0 aliphatic rings. The van der Waals surface area contributed by atoms with Gasteiger partial charge in [0.1, 0.15) is 11.4 Å². The van der Waals surface area contributed by atoms with Crippen LogP contribution >= 0.6 is 15.9 Å². The molecule has 0 N–H and O–H groups in total. The lowest BCUT2D eigenvalue weighted by molar-refractivity contribution is 0.00464. The van der Waals surface area contributed by atoms with Crippen LogP contribution in [0.25, 0.3) is 0 Å². The molecular weight excluding hydrogens is 235 g/mol. The Morgan fingerprint density at radius 2 is 2.08 bits per heavy atom. The van der Waals surface area contributed by atoms with Gasteiger partial charge in [0.25, 0.3) is 0 Å². The molecule has 1 aromatic rings. The molecule has 1 aromatic carbocycles. The summed E-state index contributed by atoms with van der Waals surface area (Å²) in [6.45, 7) is 3.23. The van der Waals surface area contributed by atoms with Crippen LogP contribution in [0.5, 0.6) is 0 Å². The molecule has 0 bridgehead atoms. The van der Waals surface area contributed by atoms with Crippen molar-refractivity contribution < 1.29 is 9.50 Å². The first-order valence-electron chi connectivity index (χ1n) is 4.03. The molecule has 0 unspecified atom stereocenters. The second-order valence-corrected chi connectivity index (χ2v) is 4.53. The Morgan fingerprint density at radius 1 is 1.46 bits per heavy atom. The van der Waals surface area contributed by atoms with Crippen LogP contribution in [0.3, 0.4) is 0 Å². The summed E-state index contributed by atoms with van der Waals surface area (Å²) >= 11 is 3.22. The Morgan fingerprint density at radius 3 is 2.54 bits per heavy atom. The summed E-state index contributed by atoms with van der Waals surface area (Å²) in [5, 5.41) is 11.4. The van der Waals surface area contributed by atoms with Crippen molar-refractivity contribution in [2.24, 2.45) is 0 Å². The molecule has 0 aliphatic heterocycles. The first kappa shape index (κ1) is 10.7. The van der Waals surface area contributed by atoms with E-state index in [9.17, 15) is 9.50 Å². The van der Waals surface area contributed by atoms with Crippen LogP contribution in [0.2, 0.25) is 0 Å². The van der Waals surface area contributed by atoms with Gasteiger partial charge in [0.05, 0.1) is 0 Å². The van der Waals surface area contributed by atoms with Gasteiger partial charge in [-0.25, -0.2) is 9.50 Å². The predicted molar refractivity (Wildman–Crippen MR) is 52.6 cm³/mol. The first-order valence-corrected chi connectivity index (χ1v) is 4.82. The van der Waals surface area contributed by atoms with Gasteiger partial charge in [0.15, 0.2) is 0 Å². The summed E-state index contributed by atoms with van der Waals surface area (Å²) in [6, 6.07) is 4.38. The van der Waals surface area contributed by atoms with Gasteiger partial charge in [-0.2, -0.15) is 0 Å². The predicted octanol–water partition coefficient (Wildman–Crippen LogP) is 3.34. The summed E-state index contributed by atoms with van der Waals surface area (Å²) in [7, 11) is 0. The number of hydrogen-bond donors (Lipinski definition) is 0. The zero-order chi connectivity index (χ0) is 10.1. The summed E-state index contributed by atoms with van der Waals surface area (Å²) in [6.07, 6.45) is 0.397. The minimum atomic E-state index is -1.01. The minimum Gasteiger partial charge on any atom is -0.230 e. The SMILES string of the molecule is CC(C)([O])Cc1ccc(F)cc1Br. The molecule has 1 radical (unpaired) electrons. The van der Waals surface area contributed by atoms with Crippen molar-refractivity contribution in [2.45, 2.75) is 25.9 Å². The van der Waals surface area contributed by atoms with E-state index >= 15 is 0 Å². The van der Waals surface area contributed by atoms with Gasteiger partial charge in [-0.15, -0.1) is 0 Å². The van der Waals surface area contributed by atoms with Crippen LogP contribution in [0.15, 0.2) is 22.7 Å². The van der Waals surface area contributed by atoms with Crippen molar-refractivity contribution in [3.63, 3.8) is 0 Å². The maximum atomic E-state index is 12.7. The fourth-order valence-corrected chi connectivity index (χ4v) is 1.61. The summed E-state index contributed by atoms with van der Waals surface area (Å²) in [4.78, 5) is 0. The number of benzene rings is 1. The lowest BCUT2D eigenvalue weighted by Crippen LogP contribution is -2.20. The van der Waals surface area contributed by atoms with E-state index in [0.717, 1.165) is 5.56 Å². The quantitative estimate of drug-likeness (QED) is 0.762. The second kappa shape index (κ2) is 3.76. The smallest absolute Gasteiger partial charge is 0.124 e. The highest BCUT2D eigenvalue weighted by Crippen LogP contribution is 2.22. The van der Waals surface area contributed by atoms with Gasteiger partial charge >= 0.3 is 0 Å². The average molecular weight is 246 g/mol. The molecule has 3 heteroatoms. The van der Waals surface area contributed by atoms with Crippen LogP contribution in [0.1, 0.15) is 19.4 Å². The molecule has 0 fully saturated rings. The normalized spacial score (nSPS) is 11.8. The van der Waals surface area contributed by atoms with Crippen molar-refractivity contribution in [3.8, 4) is 0 Å². The van der Waals surface area contributed by atoms with Crippen LogP contribution < -0.4 is 0 Å². The lowest BCUT2D eigenvalue weighted by Gasteiger charge is -2.14. The second-order valence-electron chi connectivity index (χ2n) is 3.67. The summed E-state index contributed by atoms with van der Waals surface area (Å²) in [5.74, 6) is -0.292. The topological polar surface area (TPSA) is 19.9 Å². The third kappa shape index (κ3) is 3.44. The van der Waals surface area contributed by atoms with Crippen molar-refractivity contribution in [3.05, 3.63) is 34.1 Å². The highest BCUT2D eigenvalue weighted by atomic mass is 79.9. The van der Waals surface area contributed by atoms with Crippen molar-refractivity contribution in [1.82, 2.24) is 0 Å². The average Bonchev–Trinajstić information content (AvgIpc) is 1.93. The Balaban J connectivity index is 2.90. The van der Waals surface area contributed by atoms with Crippen molar-refractivity contribution in [2.75, 3.05) is 0 Å². The molecule has 0 aliphatic carbocycles. The van der Waals surface area contributed by atoms with Gasteiger partial charge < -0.3 is 0 Å². The van der Waals surface area contributed by atoms with Gasteiger partial charge in [-0.3, -0.25) is 0 Å². The monoisotopic (exact) mass is 245 g/mol. The summed E-state index contributed by atoms with van der Waals surface area (Å²) in [5.41, 5.74) is -0.165. The van der Waals surface area contributed by atoms with E-state index in [0.29, 0.717) is 10.9 Å². The maximum absolute atomic E-state index is 12.7. The Bertz CT molecular complexity index is 304. The number of halogens is 2. The van der Waals surface area contributed by atoms with Gasteiger partial charge in [0.2, 0.25) is 0 Å². The molecule has 0 amide bonds. The Hall–Kier alpha value is -0.410. The molecule has 0 spiro atoms. The highest BCUT2D eigenvalue weighted by molar-refractivity contribution is 9.10. The third-order valence-electron chi connectivity index (χ3n) is 1.63. The zero-order valence-corrected chi connectivity index (χ0v) is 9.19. The lowest BCUT2D eigenvalue weighted by atomic mass is 9.99. The molecule has 13 heavy (non-hydrogen) atoms.